The molecule has 0 saturated carbocycles. The Morgan fingerprint density at radius 3 is 2.51 bits per heavy atom. The minimum absolute atomic E-state index is 0.0171. The molecule has 10 nitrogen and oxygen atoms in total. The molecule has 2 aliphatic heterocycles. The van der Waals surface area contributed by atoms with Gasteiger partial charge in [0, 0.05) is 34.0 Å². The third-order valence-corrected chi connectivity index (χ3v) is 7.47. The Balaban J connectivity index is 0.000000541. The number of carbonyl (C=O) groups excluding carboxylic acids is 1. The van der Waals surface area contributed by atoms with Gasteiger partial charge < -0.3 is 19.9 Å². The molecule has 3 aromatic rings. The number of nitriles is 1. The summed E-state index contributed by atoms with van der Waals surface area (Å²) in [5.41, 5.74) is 3.75. The maximum absolute atomic E-state index is 12.7. The summed E-state index contributed by atoms with van der Waals surface area (Å²) in [6.07, 6.45) is 1.93. The zero-order valence-corrected chi connectivity index (χ0v) is 24.1. The highest BCUT2D eigenvalue weighted by Crippen LogP contribution is 2.45. The second kappa shape index (κ2) is 13.4. The summed E-state index contributed by atoms with van der Waals surface area (Å²) in [5.74, 6) is -1.74. The Labute approximate surface area is 250 Å². The second-order valence-electron chi connectivity index (χ2n) is 10.0. The SMILES string of the molecule is COC(=O)N1c2ccc(-c3cnn(C4CCNCC4)c3)c(Oc3ccc(Cl)cc3C#N)c2CC[C@@H]1C.O=C(O)C(F)(F)F. The van der Waals surface area contributed by atoms with E-state index in [0.29, 0.717) is 34.5 Å². The van der Waals surface area contributed by atoms with Crippen LogP contribution in [0.15, 0.2) is 42.7 Å². The van der Waals surface area contributed by atoms with Crippen LogP contribution < -0.4 is 15.0 Å². The van der Waals surface area contributed by atoms with Gasteiger partial charge in [-0.15, -0.1) is 0 Å². The summed E-state index contributed by atoms with van der Waals surface area (Å²) in [7, 11) is 1.39. The van der Waals surface area contributed by atoms with E-state index in [4.69, 9.17) is 31.0 Å². The van der Waals surface area contributed by atoms with Gasteiger partial charge in [-0.1, -0.05) is 11.6 Å². The molecule has 0 unspecified atom stereocenters. The average molecular weight is 620 g/mol. The van der Waals surface area contributed by atoms with E-state index >= 15 is 0 Å². The standard InChI is InChI=1S/C27H28ClN5O3.C2HF3O2/c1-17-3-5-23-24(33(17)27(34)35-2)7-6-22(19-15-31-32(16-19)21-9-11-30-12-10-21)26(23)36-25-8-4-20(28)13-18(25)14-29;3-2(4,5)1(6)7/h4,6-8,13,15-17,21,30H,3,5,9-12H2,1-2H3;(H,6,7)/t17-;/m0./s1. The number of alkyl halides is 3. The summed E-state index contributed by atoms with van der Waals surface area (Å²) in [4.78, 5) is 23.2. The third kappa shape index (κ3) is 7.21. The molecule has 1 amide bonds. The lowest BCUT2D eigenvalue weighted by molar-refractivity contribution is -0.192. The van der Waals surface area contributed by atoms with Crippen molar-refractivity contribution < 1.29 is 37.3 Å². The summed E-state index contributed by atoms with van der Waals surface area (Å²) in [6, 6.07) is 11.4. The van der Waals surface area contributed by atoms with Crippen LogP contribution in [-0.4, -0.2) is 59.4 Å². The molecule has 2 aromatic carbocycles. The molecule has 2 N–H and O–H groups in total. The van der Waals surface area contributed by atoms with Crippen molar-refractivity contribution in [1.29, 1.82) is 5.26 Å². The Bertz CT molecular complexity index is 1530. The number of anilines is 1. The number of nitrogens with zero attached hydrogens (tertiary/aromatic N) is 4. The molecule has 1 aromatic heterocycles. The normalized spacial score (nSPS) is 16.8. The van der Waals surface area contributed by atoms with Crippen molar-refractivity contribution >= 4 is 29.4 Å². The highest BCUT2D eigenvalue weighted by Gasteiger charge is 2.38. The average Bonchev–Trinajstić information content (AvgIpc) is 3.48. The monoisotopic (exact) mass is 619 g/mol. The number of carbonyl (C=O) groups is 2. The molecule has 0 radical (unpaired) electrons. The van der Waals surface area contributed by atoms with Gasteiger partial charge in [-0.05, 0) is 76.0 Å². The molecule has 228 valence electrons. The number of halogens is 4. The van der Waals surface area contributed by atoms with Gasteiger partial charge in [0.05, 0.1) is 30.6 Å². The number of hydrogen-bond donors (Lipinski definition) is 2. The smallest absolute Gasteiger partial charge is 0.475 e. The number of fused-ring (bicyclic) bond motifs is 1. The van der Waals surface area contributed by atoms with Crippen molar-refractivity contribution in [2.45, 2.75) is 50.9 Å². The third-order valence-electron chi connectivity index (χ3n) is 7.23. The van der Waals surface area contributed by atoms with E-state index in [1.54, 1.807) is 23.1 Å². The van der Waals surface area contributed by atoms with Gasteiger partial charge in [-0.25, -0.2) is 9.59 Å². The van der Waals surface area contributed by atoms with Crippen LogP contribution in [0.25, 0.3) is 11.1 Å². The number of nitrogens with one attached hydrogen (secondary N) is 1. The largest absolute Gasteiger partial charge is 0.490 e. The van der Waals surface area contributed by atoms with Crippen molar-refractivity contribution in [1.82, 2.24) is 15.1 Å². The highest BCUT2D eigenvalue weighted by molar-refractivity contribution is 6.30. The zero-order chi connectivity index (χ0) is 31.3. The number of ether oxygens (including phenoxy) is 2. The van der Waals surface area contributed by atoms with Gasteiger partial charge in [0.1, 0.15) is 17.6 Å². The zero-order valence-electron chi connectivity index (χ0n) is 23.3. The fourth-order valence-electron chi connectivity index (χ4n) is 5.06. The molecule has 1 fully saturated rings. The fraction of sp³-hybridized carbons (Fsp3) is 0.379. The quantitative estimate of drug-likeness (QED) is 0.346. The number of amides is 1. The molecule has 2 aliphatic rings. The number of aliphatic carboxylic acids is 1. The lowest BCUT2D eigenvalue weighted by Gasteiger charge is -2.35. The van der Waals surface area contributed by atoms with Gasteiger partial charge in [-0.3, -0.25) is 9.58 Å². The van der Waals surface area contributed by atoms with E-state index in [1.165, 1.54) is 7.11 Å². The Hall–Kier alpha value is -4.28. The van der Waals surface area contributed by atoms with Crippen LogP contribution >= 0.6 is 11.6 Å². The molecule has 5 rings (SSSR count). The number of carboxylic acid groups (broad SMARTS) is 1. The summed E-state index contributed by atoms with van der Waals surface area (Å²) in [5, 5.41) is 25.3. The van der Waals surface area contributed by atoms with Gasteiger partial charge in [0.25, 0.3) is 0 Å². The first kappa shape index (κ1) is 31.7. The molecule has 1 saturated heterocycles. The van der Waals surface area contributed by atoms with E-state index < -0.39 is 18.2 Å². The van der Waals surface area contributed by atoms with E-state index in [1.807, 2.05) is 29.9 Å². The van der Waals surface area contributed by atoms with Gasteiger partial charge in [-0.2, -0.15) is 23.5 Å². The summed E-state index contributed by atoms with van der Waals surface area (Å²) >= 11 is 6.12. The van der Waals surface area contributed by atoms with Crippen molar-refractivity contribution in [3.05, 3.63) is 58.9 Å². The predicted molar refractivity (Wildman–Crippen MR) is 151 cm³/mol. The summed E-state index contributed by atoms with van der Waals surface area (Å²) < 4.78 is 45.3. The van der Waals surface area contributed by atoms with Crippen molar-refractivity contribution in [3.8, 4) is 28.7 Å². The van der Waals surface area contributed by atoms with Crippen molar-refractivity contribution in [2.75, 3.05) is 25.1 Å². The van der Waals surface area contributed by atoms with Gasteiger partial charge >= 0.3 is 18.2 Å². The maximum Gasteiger partial charge on any atom is 0.490 e. The van der Waals surface area contributed by atoms with Crippen LogP contribution in [0, 0.1) is 11.3 Å². The predicted octanol–water partition coefficient (Wildman–Crippen LogP) is 6.33. The molecule has 0 spiro atoms. The van der Waals surface area contributed by atoms with E-state index in [0.717, 1.165) is 54.7 Å². The second-order valence-corrected chi connectivity index (χ2v) is 10.5. The first-order chi connectivity index (χ1) is 20.4. The number of carboxylic acids is 1. The molecule has 3 heterocycles. The molecule has 14 heteroatoms. The first-order valence-electron chi connectivity index (χ1n) is 13.4. The molecular weight excluding hydrogens is 591 g/mol. The van der Waals surface area contributed by atoms with Crippen LogP contribution in [0.4, 0.5) is 23.7 Å². The van der Waals surface area contributed by atoms with Crippen molar-refractivity contribution in [3.63, 3.8) is 0 Å². The number of aromatic nitrogens is 2. The number of rotatable bonds is 4. The van der Waals surface area contributed by atoms with E-state index in [-0.39, 0.29) is 6.04 Å². The van der Waals surface area contributed by atoms with Crippen LogP contribution in [-0.2, 0) is 16.0 Å². The van der Waals surface area contributed by atoms with E-state index in [2.05, 4.69) is 22.7 Å². The molecule has 43 heavy (non-hydrogen) atoms. The van der Waals surface area contributed by atoms with Crippen LogP contribution in [0.5, 0.6) is 11.5 Å². The molecule has 1 atom stereocenters. The minimum atomic E-state index is -5.08. The Morgan fingerprint density at radius 1 is 1.19 bits per heavy atom. The number of hydrogen-bond acceptors (Lipinski definition) is 7. The highest BCUT2D eigenvalue weighted by atomic mass is 35.5. The molecule has 0 aliphatic carbocycles. The minimum Gasteiger partial charge on any atom is -0.475 e. The Kier molecular flexibility index (Phi) is 9.83. The van der Waals surface area contributed by atoms with Crippen molar-refractivity contribution in [2.24, 2.45) is 0 Å². The van der Waals surface area contributed by atoms with Gasteiger partial charge in [0.2, 0.25) is 0 Å². The number of methoxy groups -OCH3 is 1. The van der Waals surface area contributed by atoms with Crippen LogP contribution in [0.2, 0.25) is 5.02 Å². The number of benzene rings is 2. The van der Waals surface area contributed by atoms with Crippen LogP contribution in [0.1, 0.15) is 43.4 Å². The first-order valence-corrected chi connectivity index (χ1v) is 13.8. The lowest BCUT2D eigenvalue weighted by atomic mass is 9.92. The Morgan fingerprint density at radius 2 is 1.88 bits per heavy atom. The fourth-order valence-corrected chi connectivity index (χ4v) is 5.23. The summed E-state index contributed by atoms with van der Waals surface area (Å²) in [6.45, 7) is 3.95. The topological polar surface area (TPSA) is 130 Å². The van der Waals surface area contributed by atoms with Crippen LogP contribution in [0.3, 0.4) is 0 Å². The lowest BCUT2D eigenvalue weighted by Crippen LogP contribution is -2.42. The maximum atomic E-state index is 12.7. The van der Waals surface area contributed by atoms with E-state index in [9.17, 15) is 23.2 Å². The molecular formula is C29H29ClF3N5O5. The molecule has 0 bridgehead atoms. The van der Waals surface area contributed by atoms with Gasteiger partial charge in [0.15, 0.2) is 0 Å². The number of piperidine rings is 1.